The molecular weight excluding hydrogens is 370 g/mol. The predicted molar refractivity (Wildman–Crippen MR) is 111 cm³/mol. The van der Waals surface area contributed by atoms with Crippen LogP contribution in [0.1, 0.15) is 17.3 Å². The van der Waals surface area contributed by atoms with E-state index in [0.29, 0.717) is 42.6 Å². The quantitative estimate of drug-likeness (QED) is 0.413. The summed E-state index contributed by atoms with van der Waals surface area (Å²) in [5.41, 5.74) is 0.735. The van der Waals surface area contributed by atoms with Gasteiger partial charge >= 0.3 is 0 Å². The SMILES string of the molecule is CCOc1cc(C(=O)Nc2ccccc2O)ccc1OCCOc1ccccc1. The summed E-state index contributed by atoms with van der Waals surface area (Å²) in [6.45, 7) is 3.00. The largest absolute Gasteiger partial charge is 0.506 e. The van der Waals surface area contributed by atoms with E-state index in [4.69, 9.17) is 14.2 Å². The summed E-state index contributed by atoms with van der Waals surface area (Å²) >= 11 is 0. The van der Waals surface area contributed by atoms with E-state index in [1.165, 1.54) is 6.07 Å². The van der Waals surface area contributed by atoms with Gasteiger partial charge in [0, 0.05) is 5.56 Å². The Kier molecular flexibility index (Phi) is 6.95. The topological polar surface area (TPSA) is 77.0 Å². The summed E-state index contributed by atoms with van der Waals surface area (Å²) in [6.07, 6.45) is 0. The number of ether oxygens (including phenoxy) is 3. The first-order valence-electron chi connectivity index (χ1n) is 9.34. The summed E-state index contributed by atoms with van der Waals surface area (Å²) in [4.78, 5) is 12.5. The number of hydrogen-bond donors (Lipinski definition) is 2. The van der Waals surface area contributed by atoms with Gasteiger partial charge in [-0.1, -0.05) is 30.3 Å². The lowest BCUT2D eigenvalue weighted by Gasteiger charge is -2.14. The zero-order chi connectivity index (χ0) is 20.5. The number of nitrogens with one attached hydrogen (secondary N) is 1. The fraction of sp³-hybridized carbons (Fsp3) is 0.174. The molecule has 0 aliphatic carbocycles. The van der Waals surface area contributed by atoms with Crippen molar-refractivity contribution in [1.29, 1.82) is 0 Å². The molecule has 1 amide bonds. The van der Waals surface area contributed by atoms with Crippen molar-refractivity contribution < 1.29 is 24.1 Å². The summed E-state index contributed by atoms with van der Waals surface area (Å²) in [6, 6.07) is 21.0. The number of aromatic hydroxyl groups is 1. The fourth-order valence-corrected chi connectivity index (χ4v) is 2.64. The van der Waals surface area contributed by atoms with Crippen molar-refractivity contribution in [2.24, 2.45) is 0 Å². The molecule has 0 bridgehead atoms. The third-order valence-electron chi connectivity index (χ3n) is 4.01. The molecule has 0 aliphatic heterocycles. The lowest BCUT2D eigenvalue weighted by Crippen LogP contribution is -2.13. The van der Waals surface area contributed by atoms with Gasteiger partial charge in [-0.3, -0.25) is 4.79 Å². The molecule has 0 saturated carbocycles. The lowest BCUT2D eigenvalue weighted by molar-refractivity contribution is 0.102. The van der Waals surface area contributed by atoms with Crippen molar-refractivity contribution in [1.82, 2.24) is 0 Å². The first-order valence-corrected chi connectivity index (χ1v) is 9.34. The molecule has 3 aromatic rings. The maximum Gasteiger partial charge on any atom is 0.255 e. The van der Waals surface area contributed by atoms with Gasteiger partial charge in [0.1, 0.15) is 24.7 Å². The van der Waals surface area contributed by atoms with Crippen molar-refractivity contribution >= 4 is 11.6 Å². The van der Waals surface area contributed by atoms with Gasteiger partial charge in [-0.05, 0) is 49.4 Å². The summed E-state index contributed by atoms with van der Waals surface area (Å²) in [7, 11) is 0. The first kappa shape index (κ1) is 20.1. The van der Waals surface area contributed by atoms with Gasteiger partial charge in [0.25, 0.3) is 5.91 Å². The molecule has 0 aliphatic rings. The summed E-state index contributed by atoms with van der Waals surface area (Å²) in [5, 5.41) is 12.5. The van der Waals surface area contributed by atoms with E-state index in [1.807, 2.05) is 37.3 Å². The first-order chi connectivity index (χ1) is 14.2. The Bertz CT molecular complexity index is 943. The van der Waals surface area contributed by atoms with Crippen LogP contribution in [0, 0.1) is 0 Å². The van der Waals surface area contributed by atoms with Gasteiger partial charge in [-0.25, -0.2) is 0 Å². The lowest BCUT2D eigenvalue weighted by atomic mass is 10.1. The molecule has 0 radical (unpaired) electrons. The van der Waals surface area contributed by atoms with Crippen LogP contribution in [0.4, 0.5) is 5.69 Å². The minimum atomic E-state index is -0.355. The Balaban J connectivity index is 1.63. The second kappa shape index (κ2) is 10.0. The van der Waals surface area contributed by atoms with E-state index in [2.05, 4.69) is 5.32 Å². The van der Waals surface area contributed by atoms with Crippen molar-refractivity contribution in [2.45, 2.75) is 6.92 Å². The van der Waals surface area contributed by atoms with Gasteiger partial charge in [0.15, 0.2) is 11.5 Å². The van der Waals surface area contributed by atoms with E-state index in [1.54, 1.807) is 36.4 Å². The molecule has 0 saturated heterocycles. The van der Waals surface area contributed by atoms with Crippen LogP contribution in [-0.2, 0) is 0 Å². The molecule has 150 valence electrons. The normalized spacial score (nSPS) is 10.2. The molecule has 6 heteroatoms. The molecular formula is C23H23NO5. The van der Waals surface area contributed by atoms with Gasteiger partial charge in [-0.15, -0.1) is 0 Å². The Morgan fingerprint density at radius 1 is 0.862 bits per heavy atom. The molecule has 3 rings (SSSR count). The highest BCUT2D eigenvalue weighted by atomic mass is 16.5. The van der Waals surface area contributed by atoms with Crippen molar-refractivity contribution in [3.63, 3.8) is 0 Å². The number of anilines is 1. The summed E-state index contributed by atoms with van der Waals surface area (Å²) < 4.78 is 17.0. The molecule has 0 unspecified atom stereocenters. The van der Waals surface area contributed by atoms with Gasteiger partial charge in [0.05, 0.1) is 12.3 Å². The maximum absolute atomic E-state index is 12.5. The molecule has 0 fully saturated rings. The third kappa shape index (κ3) is 5.65. The number of para-hydroxylation sites is 3. The van der Waals surface area contributed by atoms with Gasteiger partial charge in [0.2, 0.25) is 0 Å². The molecule has 0 aromatic heterocycles. The number of benzene rings is 3. The van der Waals surface area contributed by atoms with Crippen molar-refractivity contribution in [3.05, 3.63) is 78.4 Å². The average molecular weight is 393 g/mol. The van der Waals surface area contributed by atoms with Crippen LogP contribution in [0.25, 0.3) is 0 Å². The zero-order valence-electron chi connectivity index (χ0n) is 16.1. The van der Waals surface area contributed by atoms with Crippen molar-refractivity contribution in [3.8, 4) is 23.0 Å². The second-order valence-corrected chi connectivity index (χ2v) is 6.08. The molecule has 0 spiro atoms. The Hall–Kier alpha value is -3.67. The highest BCUT2D eigenvalue weighted by Gasteiger charge is 2.13. The van der Waals surface area contributed by atoms with E-state index in [9.17, 15) is 9.90 Å². The summed E-state index contributed by atoms with van der Waals surface area (Å²) in [5.74, 6) is 1.42. The van der Waals surface area contributed by atoms with E-state index >= 15 is 0 Å². The highest BCUT2D eigenvalue weighted by molar-refractivity contribution is 6.05. The smallest absolute Gasteiger partial charge is 0.255 e. The Morgan fingerprint density at radius 2 is 1.59 bits per heavy atom. The van der Waals surface area contributed by atoms with Crippen LogP contribution >= 0.6 is 0 Å². The second-order valence-electron chi connectivity index (χ2n) is 6.08. The molecule has 2 N–H and O–H groups in total. The number of phenols is 1. The molecule has 3 aromatic carbocycles. The number of carbonyl (C=O) groups is 1. The van der Waals surface area contributed by atoms with Gasteiger partial charge in [-0.2, -0.15) is 0 Å². The monoisotopic (exact) mass is 393 g/mol. The minimum Gasteiger partial charge on any atom is -0.506 e. The predicted octanol–water partition coefficient (Wildman–Crippen LogP) is 4.50. The highest BCUT2D eigenvalue weighted by Crippen LogP contribution is 2.29. The van der Waals surface area contributed by atoms with E-state index < -0.39 is 0 Å². The molecule has 0 atom stereocenters. The van der Waals surface area contributed by atoms with Crippen LogP contribution in [-0.4, -0.2) is 30.8 Å². The minimum absolute atomic E-state index is 0.00394. The number of rotatable bonds is 9. The Labute approximate surface area is 169 Å². The van der Waals surface area contributed by atoms with Crippen LogP contribution < -0.4 is 19.5 Å². The van der Waals surface area contributed by atoms with Crippen molar-refractivity contribution in [2.75, 3.05) is 25.1 Å². The third-order valence-corrected chi connectivity index (χ3v) is 4.01. The molecule has 0 heterocycles. The van der Waals surface area contributed by atoms with Gasteiger partial charge < -0.3 is 24.6 Å². The van der Waals surface area contributed by atoms with Crippen LogP contribution in [0.5, 0.6) is 23.0 Å². The van der Waals surface area contributed by atoms with Crippen LogP contribution in [0.2, 0.25) is 0 Å². The molecule has 6 nitrogen and oxygen atoms in total. The number of carbonyl (C=O) groups excluding carboxylic acids is 1. The Morgan fingerprint density at radius 3 is 2.34 bits per heavy atom. The zero-order valence-corrected chi connectivity index (χ0v) is 16.1. The fourth-order valence-electron chi connectivity index (χ4n) is 2.64. The number of amides is 1. The number of hydrogen-bond acceptors (Lipinski definition) is 5. The maximum atomic E-state index is 12.5. The van der Waals surface area contributed by atoms with Crippen LogP contribution in [0.15, 0.2) is 72.8 Å². The number of phenolic OH excluding ortho intramolecular Hbond substituents is 1. The average Bonchev–Trinajstić information content (AvgIpc) is 2.74. The molecule has 29 heavy (non-hydrogen) atoms. The van der Waals surface area contributed by atoms with Crippen LogP contribution in [0.3, 0.4) is 0 Å². The standard InChI is InChI=1S/C23H23NO5/c1-2-27-22-16-17(23(26)24-19-10-6-7-11-20(19)25)12-13-21(22)29-15-14-28-18-8-4-3-5-9-18/h3-13,16,25H,2,14-15H2,1H3,(H,24,26). The van der Waals surface area contributed by atoms with E-state index in [-0.39, 0.29) is 11.7 Å². The van der Waals surface area contributed by atoms with E-state index in [0.717, 1.165) is 5.75 Å².